The maximum Gasteiger partial charge on any atom is 0.256 e. The standard InChI is InChI=1S/C50H42N4O8/c1-57-43-21-17-31(25-47(43)61-5)41-27-35(33-11-7-9-13-37(33)51-41)49(55)53-39-19-15-29(23-45(39)59-3)30-16-20-40(46(24-30)60-4)54-50(56)36-28-42(52-38-14-10-8-12-34(36)38)32-18-22-44(58-2)48(26-32)62-6/h7-28H,1-6H3,(H,53,55)(H,54,56). The second-order valence-corrected chi connectivity index (χ2v) is 14.0. The van der Waals surface area contributed by atoms with Gasteiger partial charge in [-0.2, -0.15) is 0 Å². The van der Waals surface area contributed by atoms with Crippen molar-refractivity contribution in [2.24, 2.45) is 0 Å². The molecule has 2 aromatic heterocycles. The number of carbonyl (C=O) groups is 2. The van der Waals surface area contributed by atoms with Crippen molar-refractivity contribution in [2.75, 3.05) is 53.3 Å². The monoisotopic (exact) mass is 826 g/mol. The summed E-state index contributed by atoms with van der Waals surface area (Å²) >= 11 is 0. The predicted octanol–water partition coefficient (Wildman–Crippen LogP) is 10.3. The fraction of sp³-hybridized carbons (Fsp3) is 0.120. The minimum atomic E-state index is -0.337. The molecule has 0 radical (unpaired) electrons. The van der Waals surface area contributed by atoms with Crippen LogP contribution in [0.25, 0.3) is 55.4 Å². The van der Waals surface area contributed by atoms with Crippen molar-refractivity contribution in [1.29, 1.82) is 0 Å². The SMILES string of the molecule is COc1cc(-c2ccc(NC(=O)c3cc(-c4ccc(OC)c(OC)c4)nc4ccccc34)c(OC)c2)ccc1NC(=O)c1cc(-c2ccc(OC)c(OC)c2)nc2ccccc12. The number of aromatic nitrogens is 2. The lowest BCUT2D eigenvalue weighted by molar-refractivity contribution is 0.102. The zero-order valence-electron chi connectivity index (χ0n) is 34.9. The first kappa shape index (κ1) is 40.7. The molecule has 2 heterocycles. The van der Waals surface area contributed by atoms with Crippen molar-refractivity contribution in [3.05, 3.63) is 145 Å². The van der Waals surface area contributed by atoms with Crippen LogP contribution < -0.4 is 39.1 Å². The molecule has 0 spiro atoms. The molecule has 0 aliphatic carbocycles. The van der Waals surface area contributed by atoms with Gasteiger partial charge < -0.3 is 39.1 Å². The minimum absolute atomic E-state index is 0.337. The molecule has 310 valence electrons. The summed E-state index contributed by atoms with van der Waals surface area (Å²) in [6.45, 7) is 0. The second kappa shape index (κ2) is 17.6. The number of hydrogen-bond acceptors (Lipinski definition) is 10. The molecule has 0 saturated heterocycles. The number of ether oxygens (including phenoxy) is 6. The number of hydrogen-bond donors (Lipinski definition) is 2. The van der Waals surface area contributed by atoms with E-state index in [9.17, 15) is 9.59 Å². The molecule has 0 bridgehead atoms. The molecule has 12 nitrogen and oxygen atoms in total. The Balaban J connectivity index is 1.06. The van der Waals surface area contributed by atoms with Crippen LogP contribution in [0.5, 0.6) is 34.5 Å². The lowest BCUT2D eigenvalue weighted by Gasteiger charge is -2.16. The molecule has 8 rings (SSSR count). The van der Waals surface area contributed by atoms with E-state index in [0.717, 1.165) is 22.3 Å². The molecule has 0 atom stereocenters. The van der Waals surface area contributed by atoms with Crippen LogP contribution in [0.2, 0.25) is 0 Å². The lowest BCUT2D eigenvalue weighted by atomic mass is 10.0. The largest absolute Gasteiger partial charge is 0.495 e. The number of carbonyl (C=O) groups excluding carboxylic acids is 2. The molecule has 8 aromatic rings. The van der Waals surface area contributed by atoms with Crippen LogP contribution in [0.4, 0.5) is 11.4 Å². The molecule has 12 heteroatoms. The van der Waals surface area contributed by atoms with Gasteiger partial charge in [-0.3, -0.25) is 9.59 Å². The molecule has 0 fully saturated rings. The number of amides is 2. The molecule has 0 aliphatic heterocycles. The Morgan fingerprint density at radius 2 is 0.742 bits per heavy atom. The van der Waals surface area contributed by atoms with Crippen LogP contribution in [-0.2, 0) is 0 Å². The molecular formula is C50H42N4O8. The molecule has 62 heavy (non-hydrogen) atoms. The number of rotatable bonds is 13. The zero-order valence-corrected chi connectivity index (χ0v) is 34.9. The number of anilines is 2. The summed E-state index contributed by atoms with van der Waals surface area (Å²) in [5.41, 5.74) is 7.44. The van der Waals surface area contributed by atoms with Crippen LogP contribution in [0.1, 0.15) is 20.7 Å². The topological polar surface area (TPSA) is 139 Å². The van der Waals surface area contributed by atoms with E-state index in [1.165, 1.54) is 0 Å². The summed E-state index contributed by atoms with van der Waals surface area (Å²) in [5, 5.41) is 7.49. The van der Waals surface area contributed by atoms with Crippen LogP contribution in [-0.4, -0.2) is 64.4 Å². The summed E-state index contributed by atoms with van der Waals surface area (Å²) in [6, 6.07) is 40.5. The Bertz CT molecular complexity index is 2800. The zero-order chi connectivity index (χ0) is 43.3. The van der Waals surface area contributed by atoms with Crippen LogP contribution in [0.15, 0.2) is 133 Å². The fourth-order valence-corrected chi connectivity index (χ4v) is 7.34. The Morgan fingerprint density at radius 3 is 1.13 bits per heavy atom. The third-order valence-corrected chi connectivity index (χ3v) is 10.5. The van der Waals surface area contributed by atoms with Crippen molar-refractivity contribution < 1.29 is 38.0 Å². The first-order chi connectivity index (χ1) is 30.2. The number of fused-ring (bicyclic) bond motifs is 2. The quantitative estimate of drug-likeness (QED) is 0.115. The summed E-state index contributed by atoms with van der Waals surface area (Å²) in [5.74, 6) is 2.49. The summed E-state index contributed by atoms with van der Waals surface area (Å²) < 4.78 is 33.5. The van der Waals surface area contributed by atoms with E-state index in [4.69, 9.17) is 38.4 Å². The average Bonchev–Trinajstić information content (AvgIpc) is 3.32. The van der Waals surface area contributed by atoms with Crippen LogP contribution >= 0.6 is 0 Å². The van der Waals surface area contributed by atoms with Gasteiger partial charge in [-0.25, -0.2) is 9.97 Å². The van der Waals surface area contributed by atoms with Gasteiger partial charge in [-0.05, 0) is 96.1 Å². The van der Waals surface area contributed by atoms with Gasteiger partial charge in [0, 0.05) is 21.9 Å². The normalized spacial score (nSPS) is 10.9. The van der Waals surface area contributed by atoms with Gasteiger partial charge in [-0.1, -0.05) is 48.5 Å². The van der Waals surface area contributed by atoms with Gasteiger partial charge in [-0.15, -0.1) is 0 Å². The number of methoxy groups -OCH3 is 6. The maximum atomic E-state index is 14.1. The number of nitrogens with zero attached hydrogens (tertiary/aromatic N) is 2. The van der Waals surface area contributed by atoms with Crippen LogP contribution in [0, 0.1) is 0 Å². The highest BCUT2D eigenvalue weighted by atomic mass is 16.5. The van der Waals surface area contributed by atoms with Gasteiger partial charge in [0.2, 0.25) is 0 Å². The van der Waals surface area contributed by atoms with Crippen molar-refractivity contribution in [1.82, 2.24) is 9.97 Å². The summed E-state index contributed by atoms with van der Waals surface area (Å²) in [4.78, 5) is 37.9. The first-order valence-electron chi connectivity index (χ1n) is 19.5. The van der Waals surface area contributed by atoms with E-state index in [0.29, 0.717) is 90.2 Å². The molecule has 2 N–H and O–H groups in total. The number of pyridine rings is 2. The molecular weight excluding hydrogens is 785 g/mol. The molecule has 2 amide bonds. The highest BCUT2D eigenvalue weighted by Gasteiger charge is 2.20. The van der Waals surface area contributed by atoms with E-state index in [-0.39, 0.29) is 11.8 Å². The van der Waals surface area contributed by atoms with Gasteiger partial charge in [0.25, 0.3) is 11.8 Å². The highest BCUT2D eigenvalue weighted by Crippen LogP contribution is 2.38. The summed E-state index contributed by atoms with van der Waals surface area (Å²) in [7, 11) is 9.39. The van der Waals surface area contributed by atoms with Gasteiger partial charge in [0.1, 0.15) is 11.5 Å². The first-order valence-corrected chi connectivity index (χ1v) is 19.5. The predicted molar refractivity (Wildman–Crippen MR) is 241 cm³/mol. The second-order valence-electron chi connectivity index (χ2n) is 14.0. The van der Waals surface area contributed by atoms with Crippen molar-refractivity contribution in [3.8, 4) is 68.1 Å². The summed E-state index contributed by atoms with van der Waals surface area (Å²) in [6.07, 6.45) is 0. The maximum absolute atomic E-state index is 14.1. The molecule has 0 aliphatic rings. The van der Waals surface area contributed by atoms with E-state index in [1.54, 1.807) is 79.1 Å². The van der Waals surface area contributed by atoms with Crippen molar-refractivity contribution in [3.63, 3.8) is 0 Å². The number of nitrogens with one attached hydrogen (secondary N) is 2. The Morgan fingerprint density at radius 1 is 0.387 bits per heavy atom. The van der Waals surface area contributed by atoms with E-state index >= 15 is 0 Å². The highest BCUT2D eigenvalue weighted by molar-refractivity contribution is 6.14. The van der Waals surface area contributed by atoms with E-state index in [2.05, 4.69) is 10.6 Å². The smallest absolute Gasteiger partial charge is 0.256 e. The third kappa shape index (κ3) is 7.96. The van der Waals surface area contributed by atoms with Crippen molar-refractivity contribution >= 4 is 45.0 Å². The van der Waals surface area contributed by atoms with E-state index in [1.807, 2.05) is 97.1 Å². The van der Waals surface area contributed by atoms with Gasteiger partial charge in [0.15, 0.2) is 23.0 Å². The molecule has 0 unspecified atom stereocenters. The van der Waals surface area contributed by atoms with E-state index < -0.39 is 0 Å². The van der Waals surface area contributed by atoms with Crippen molar-refractivity contribution in [2.45, 2.75) is 0 Å². The number of para-hydroxylation sites is 2. The average molecular weight is 827 g/mol. The van der Waals surface area contributed by atoms with Gasteiger partial charge in [0.05, 0.1) is 87.6 Å². The number of benzene rings is 6. The van der Waals surface area contributed by atoms with Crippen LogP contribution in [0.3, 0.4) is 0 Å². The Labute approximate surface area is 358 Å². The van der Waals surface area contributed by atoms with Gasteiger partial charge >= 0.3 is 0 Å². The Hall–Kier alpha value is -8.12. The fourth-order valence-electron chi connectivity index (χ4n) is 7.34. The molecule has 6 aromatic carbocycles. The molecule has 0 saturated carbocycles. The Kier molecular flexibility index (Phi) is 11.6. The lowest BCUT2D eigenvalue weighted by Crippen LogP contribution is -2.14. The minimum Gasteiger partial charge on any atom is -0.495 e. The third-order valence-electron chi connectivity index (χ3n) is 10.5.